The Kier molecular flexibility index (Phi) is 5.67. The molecule has 0 radical (unpaired) electrons. The quantitative estimate of drug-likeness (QED) is 0.871. The molecule has 112 valence electrons. The third kappa shape index (κ3) is 5.38. The summed E-state index contributed by atoms with van der Waals surface area (Å²) in [5.74, 6) is 1.42. The van der Waals surface area contributed by atoms with Gasteiger partial charge in [0.1, 0.15) is 11.5 Å². The van der Waals surface area contributed by atoms with Gasteiger partial charge in [-0.2, -0.15) is 0 Å². The van der Waals surface area contributed by atoms with Gasteiger partial charge >= 0.3 is 6.03 Å². The number of nitrogens with one attached hydrogen (secondary N) is 2. The van der Waals surface area contributed by atoms with E-state index in [4.69, 9.17) is 9.47 Å². The Balaban J connectivity index is 2.55. The second kappa shape index (κ2) is 7.03. The Morgan fingerprint density at radius 2 is 1.85 bits per heavy atom. The van der Waals surface area contributed by atoms with Crippen LogP contribution in [-0.2, 0) is 6.54 Å². The molecule has 2 amide bonds. The summed E-state index contributed by atoms with van der Waals surface area (Å²) in [6, 6.07) is 5.33. The van der Waals surface area contributed by atoms with Crippen LogP contribution >= 0.6 is 0 Å². The molecule has 2 N–H and O–H groups in total. The summed E-state index contributed by atoms with van der Waals surface area (Å²) in [7, 11) is 3.20. The molecule has 1 rings (SSSR count). The highest BCUT2D eigenvalue weighted by molar-refractivity contribution is 5.73. The maximum atomic E-state index is 11.7. The van der Waals surface area contributed by atoms with Crippen molar-refractivity contribution in [1.29, 1.82) is 0 Å². The molecule has 0 fully saturated rings. The fourth-order valence-electron chi connectivity index (χ4n) is 1.58. The molecule has 0 aliphatic rings. The minimum atomic E-state index is -0.183. The molecule has 0 spiro atoms. The first-order chi connectivity index (χ1) is 9.35. The van der Waals surface area contributed by atoms with E-state index in [0.717, 1.165) is 11.3 Å². The minimum absolute atomic E-state index is 0.0646. The SMILES string of the molecule is COc1ccc(CNC(=O)NCC(C)(C)C)c(OC)c1. The zero-order valence-corrected chi connectivity index (χ0v) is 12.9. The fourth-order valence-corrected chi connectivity index (χ4v) is 1.58. The molecule has 0 bridgehead atoms. The first-order valence-corrected chi connectivity index (χ1v) is 6.58. The van der Waals surface area contributed by atoms with E-state index in [1.54, 1.807) is 20.3 Å². The summed E-state index contributed by atoms with van der Waals surface area (Å²) in [6.07, 6.45) is 0. The summed E-state index contributed by atoms with van der Waals surface area (Å²) in [5.41, 5.74) is 0.967. The number of amides is 2. The van der Waals surface area contributed by atoms with Crippen LogP contribution in [0.2, 0.25) is 0 Å². The monoisotopic (exact) mass is 280 g/mol. The van der Waals surface area contributed by atoms with Gasteiger partial charge in [-0.15, -0.1) is 0 Å². The topological polar surface area (TPSA) is 59.6 Å². The second-order valence-electron chi connectivity index (χ2n) is 5.77. The molecule has 1 aromatic carbocycles. The van der Waals surface area contributed by atoms with Gasteiger partial charge in [0.15, 0.2) is 0 Å². The Labute approximate surface area is 120 Å². The van der Waals surface area contributed by atoms with Crippen molar-refractivity contribution in [2.45, 2.75) is 27.3 Å². The molecule has 0 aliphatic heterocycles. The summed E-state index contributed by atoms with van der Waals surface area (Å²) >= 11 is 0. The van der Waals surface area contributed by atoms with E-state index in [2.05, 4.69) is 31.4 Å². The van der Waals surface area contributed by atoms with Gasteiger partial charge in [0.05, 0.1) is 14.2 Å². The van der Waals surface area contributed by atoms with Gasteiger partial charge in [-0.1, -0.05) is 20.8 Å². The number of benzene rings is 1. The maximum Gasteiger partial charge on any atom is 0.315 e. The maximum absolute atomic E-state index is 11.7. The molecular weight excluding hydrogens is 256 g/mol. The molecule has 5 heteroatoms. The lowest BCUT2D eigenvalue weighted by molar-refractivity contribution is 0.235. The van der Waals surface area contributed by atoms with Gasteiger partial charge in [0.2, 0.25) is 0 Å². The predicted octanol–water partition coefficient (Wildman–Crippen LogP) is 2.55. The van der Waals surface area contributed by atoms with Gasteiger partial charge in [-0.05, 0) is 17.5 Å². The van der Waals surface area contributed by atoms with E-state index in [-0.39, 0.29) is 11.4 Å². The van der Waals surface area contributed by atoms with E-state index in [0.29, 0.717) is 18.8 Å². The van der Waals surface area contributed by atoms with Crippen LogP contribution in [0, 0.1) is 5.41 Å². The van der Waals surface area contributed by atoms with Crippen LogP contribution in [0.5, 0.6) is 11.5 Å². The van der Waals surface area contributed by atoms with Crippen molar-refractivity contribution >= 4 is 6.03 Å². The lowest BCUT2D eigenvalue weighted by Gasteiger charge is -2.19. The molecule has 0 aromatic heterocycles. The zero-order valence-electron chi connectivity index (χ0n) is 12.9. The standard InChI is InChI=1S/C15H24N2O3/c1-15(2,3)10-17-14(18)16-9-11-6-7-12(19-4)8-13(11)20-5/h6-8H,9-10H2,1-5H3,(H2,16,17,18). The van der Waals surface area contributed by atoms with Gasteiger partial charge in [-0.25, -0.2) is 4.79 Å². The van der Waals surface area contributed by atoms with Crippen molar-refractivity contribution in [3.8, 4) is 11.5 Å². The molecular formula is C15H24N2O3. The van der Waals surface area contributed by atoms with E-state index < -0.39 is 0 Å². The average molecular weight is 280 g/mol. The molecule has 5 nitrogen and oxygen atoms in total. The molecule has 1 aromatic rings. The number of hydrogen-bond donors (Lipinski definition) is 2. The van der Waals surface area contributed by atoms with Crippen molar-refractivity contribution in [2.75, 3.05) is 20.8 Å². The minimum Gasteiger partial charge on any atom is -0.497 e. The van der Waals surface area contributed by atoms with Gasteiger partial charge in [-0.3, -0.25) is 0 Å². The van der Waals surface area contributed by atoms with Crippen molar-refractivity contribution in [3.63, 3.8) is 0 Å². The van der Waals surface area contributed by atoms with Crippen molar-refractivity contribution < 1.29 is 14.3 Å². The van der Waals surface area contributed by atoms with E-state index in [1.165, 1.54) is 0 Å². The normalized spacial score (nSPS) is 10.8. The lowest BCUT2D eigenvalue weighted by Crippen LogP contribution is -2.39. The number of rotatable bonds is 5. The highest BCUT2D eigenvalue weighted by atomic mass is 16.5. The average Bonchev–Trinajstić information content (AvgIpc) is 2.41. The Morgan fingerprint density at radius 3 is 2.40 bits per heavy atom. The Morgan fingerprint density at radius 1 is 1.15 bits per heavy atom. The van der Waals surface area contributed by atoms with Crippen LogP contribution in [0.1, 0.15) is 26.3 Å². The smallest absolute Gasteiger partial charge is 0.315 e. The predicted molar refractivity (Wildman–Crippen MR) is 79.2 cm³/mol. The summed E-state index contributed by atoms with van der Waals surface area (Å²) in [5, 5.41) is 5.65. The largest absolute Gasteiger partial charge is 0.497 e. The third-order valence-corrected chi connectivity index (χ3v) is 2.71. The van der Waals surface area contributed by atoms with Crippen molar-refractivity contribution in [3.05, 3.63) is 23.8 Å². The fraction of sp³-hybridized carbons (Fsp3) is 0.533. The number of hydrogen-bond acceptors (Lipinski definition) is 3. The zero-order chi connectivity index (χ0) is 15.2. The first kappa shape index (κ1) is 16.1. The van der Waals surface area contributed by atoms with Crippen LogP contribution in [0.25, 0.3) is 0 Å². The molecule has 0 saturated heterocycles. The van der Waals surface area contributed by atoms with E-state index in [1.807, 2.05) is 12.1 Å². The summed E-state index contributed by atoms with van der Waals surface area (Å²) < 4.78 is 10.4. The van der Waals surface area contributed by atoms with Crippen molar-refractivity contribution in [2.24, 2.45) is 5.41 Å². The molecule has 0 aliphatic carbocycles. The van der Waals surface area contributed by atoms with E-state index >= 15 is 0 Å². The number of urea groups is 1. The Bertz CT molecular complexity index is 453. The summed E-state index contributed by atoms with van der Waals surface area (Å²) in [6.45, 7) is 7.24. The van der Waals surface area contributed by atoms with Crippen LogP contribution in [0.3, 0.4) is 0 Å². The number of methoxy groups -OCH3 is 2. The number of carbonyl (C=O) groups is 1. The first-order valence-electron chi connectivity index (χ1n) is 6.58. The van der Waals surface area contributed by atoms with Gasteiger partial charge in [0, 0.05) is 24.7 Å². The lowest BCUT2D eigenvalue weighted by atomic mass is 9.97. The van der Waals surface area contributed by atoms with E-state index in [9.17, 15) is 4.79 Å². The highest BCUT2D eigenvalue weighted by Gasteiger charge is 2.12. The van der Waals surface area contributed by atoms with Gasteiger partial charge in [0.25, 0.3) is 0 Å². The molecule has 0 saturated carbocycles. The van der Waals surface area contributed by atoms with Crippen LogP contribution in [0.4, 0.5) is 4.79 Å². The molecule has 0 atom stereocenters. The molecule has 20 heavy (non-hydrogen) atoms. The van der Waals surface area contributed by atoms with Gasteiger partial charge < -0.3 is 20.1 Å². The van der Waals surface area contributed by atoms with Crippen LogP contribution in [0.15, 0.2) is 18.2 Å². The number of carbonyl (C=O) groups excluding carboxylic acids is 1. The van der Waals surface area contributed by atoms with Crippen LogP contribution < -0.4 is 20.1 Å². The highest BCUT2D eigenvalue weighted by Crippen LogP contribution is 2.24. The Hall–Kier alpha value is -1.91. The van der Waals surface area contributed by atoms with Crippen molar-refractivity contribution in [1.82, 2.24) is 10.6 Å². The van der Waals surface area contributed by atoms with Crippen LogP contribution in [-0.4, -0.2) is 26.8 Å². The molecule has 0 unspecified atom stereocenters. The molecule has 0 heterocycles. The third-order valence-electron chi connectivity index (χ3n) is 2.71. The second-order valence-corrected chi connectivity index (χ2v) is 5.77. The number of ether oxygens (including phenoxy) is 2. The summed E-state index contributed by atoms with van der Waals surface area (Å²) in [4.78, 5) is 11.7.